The lowest BCUT2D eigenvalue weighted by molar-refractivity contribution is 0.251. The molecular formula is C9H20BrNS. The summed E-state index contributed by atoms with van der Waals surface area (Å²) in [6.45, 7) is 9.14. The van der Waals surface area contributed by atoms with E-state index >= 15 is 0 Å². The van der Waals surface area contributed by atoms with Gasteiger partial charge in [-0.2, -0.15) is 11.8 Å². The second-order valence-electron chi connectivity index (χ2n) is 3.02. The van der Waals surface area contributed by atoms with Gasteiger partial charge < -0.3 is 0 Å². The van der Waals surface area contributed by atoms with Gasteiger partial charge in [0.2, 0.25) is 0 Å². The molecule has 0 amide bonds. The van der Waals surface area contributed by atoms with E-state index in [1.54, 1.807) is 0 Å². The Morgan fingerprint density at radius 1 is 1.33 bits per heavy atom. The lowest BCUT2D eigenvalue weighted by Crippen LogP contribution is -2.34. The van der Waals surface area contributed by atoms with Crippen LogP contribution in [0.3, 0.4) is 0 Å². The second kappa shape index (κ2) is 8.39. The highest BCUT2D eigenvalue weighted by Crippen LogP contribution is 2.04. The van der Waals surface area contributed by atoms with E-state index in [1.165, 1.54) is 24.6 Å². The number of hydrogen-bond acceptors (Lipinski definition) is 2. The van der Waals surface area contributed by atoms with Crippen LogP contribution in [0.4, 0.5) is 0 Å². The van der Waals surface area contributed by atoms with Gasteiger partial charge in [-0.15, -0.1) is 0 Å². The van der Waals surface area contributed by atoms with Crippen molar-refractivity contribution in [1.82, 2.24) is 4.90 Å². The molecule has 0 N–H and O–H groups in total. The summed E-state index contributed by atoms with van der Waals surface area (Å²) < 4.78 is 0. The molecule has 0 aromatic carbocycles. The summed E-state index contributed by atoms with van der Waals surface area (Å²) in [5, 5.41) is 1.09. The molecule has 0 atom stereocenters. The van der Waals surface area contributed by atoms with Crippen LogP contribution in [0, 0.1) is 0 Å². The zero-order chi connectivity index (χ0) is 9.40. The van der Waals surface area contributed by atoms with Gasteiger partial charge in [-0.1, -0.05) is 22.9 Å². The van der Waals surface area contributed by atoms with Gasteiger partial charge >= 0.3 is 0 Å². The van der Waals surface area contributed by atoms with E-state index in [-0.39, 0.29) is 0 Å². The minimum absolute atomic E-state index is 0.681. The molecule has 0 saturated heterocycles. The fourth-order valence-corrected chi connectivity index (χ4v) is 2.17. The third kappa shape index (κ3) is 6.32. The van der Waals surface area contributed by atoms with E-state index in [0.717, 1.165) is 5.33 Å². The monoisotopic (exact) mass is 253 g/mol. The van der Waals surface area contributed by atoms with E-state index in [1.807, 2.05) is 11.8 Å². The Morgan fingerprint density at radius 3 is 2.42 bits per heavy atom. The van der Waals surface area contributed by atoms with Crippen LogP contribution in [0.1, 0.15) is 20.8 Å². The van der Waals surface area contributed by atoms with Crippen molar-refractivity contribution in [3.63, 3.8) is 0 Å². The van der Waals surface area contributed by atoms with Gasteiger partial charge in [0, 0.05) is 30.2 Å². The molecule has 0 saturated carbocycles. The summed E-state index contributed by atoms with van der Waals surface area (Å²) in [6.07, 6.45) is 0. The first-order chi connectivity index (χ1) is 5.72. The Labute approximate surface area is 89.4 Å². The molecule has 1 nitrogen and oxygen atoms in total. The van der Waals surface area contributed by atoms with Crippen molar-refractivity contribution in [2.24, 2.45) is 0 Å². The maximum absolute atomic E-state index is 3.48. The molecule has 0 heterocycles. The molecule has 0 spiro atoms. The third-order valence-electron chi connectivity index (χ3n) is 1.83. The topological polar surface area (TPSA) is 3.24 Å². The first-order valence-corrected chi connectivity index (χ1v) is 6.87. The molecule has 0 aliphatic rings. The number of hydrogen-bond donors (Lipinski definition) is 0. The maximum Gasteiger partial charge on any atom is 0.0159 e. The quantitative estimate of drug-likeness (QED) is 0.507. The van der Waals surface area contributed by atoms with Crippen molar-refractivity contribution in [2.45, 2.75) is 26.8 Å². The Kier molecular flexibility index (Phi) is 8.94. The highest BCUT2D eigenvalue weighted by atomic mass is 79.9. The molecule has 0 aromatic heterocycles. The van der Waals surface area contributed by atoms with Gasteiger partial charge in [-0.3, -0.25) is 4.90 Å². The molecule has 0 fully saturated rings. The van der Waals surface area contributed by atoms with E-state index in [2.05, 4.69) is 41.6 Å². The minimum atomic E-state index is 0.681. The van der Waals surface area contributed by atoms with Crippen LogP contribution in [0.15, 0.2) is 0 Å². The number of rotatable bonds is 7. The second-order valence-corrected chi connectivity index (χ2v) is 5.20. The van der Waals surface area contributed by atoms with Crippen LogP contribution < -0.4 is 0 Å². The number of thioether (sulfide) groups is 1. The van der Waals surface area contributed by atoms with E-state index in [9.17, 15) is 0 Å². The van der Waals surface area contributed by atoms with Crippen LogP contribution >= 0.6 is 27.7 Å². The molecule has 0 aromatic rings. The van der Waals surface area contributed by atoms with Crippen molar-refractivity contribution < 1.29 is 0 Å². The van der Waals surface area contributed by atoms with Crippen molar-refractivity contribution in [3.8, 4) is 0 Å². The summed E-state index contributed by atoms with van der Waals surface area (Å²) in [7, 11) is 0. The Balaban J connectivity index is 3.49. The summed E-state index contributed by atoms with van der Waals surface area (Å²) >= 11 is 5.50. The highest BCUT2D eigenvalue weighted by Gasteiger charge is 2.06. The third-order valence-corrected chi connectivity index (χ3v) is 3.06. The largest absolute Gasteiger partial charge is 0.299 e. The molecule has 0 unspecified atom stereocenters. The smallest absolute Gasteiger partial charge is 0.0159 e. The zero-order valence-corrected chi connectivity index (χ0v) is 10.7. The Hall–Kier alpha value is 0.790. The molecule has 0 rings (SSSR count). The Morgan fingerprint density at radius 2 is 2.00 bits per heavy atom. The Bertz CT molecular complexity index is 98.5. The van der Waals surface area contributed by atoms with Gasteiger partial charge in [0.05, 0.1) is 0 Å². The summed E-state index contributed by atoms with van der Waals surface area (Å²) in [4.78, 5) is 2.51. The van der Waals surface area contributed by atoms with Gasteiger partial charge in [0.15, 0.2) is 0 Å². The minimum Gasteiger partial charge on any atom is -0.299 e. The number of halogens is 1. The fraction of sp³-hybridized carbons (Fsp3) is 1.00. The van der Waals surface area contributed by atoms with Crippen molar-refractivity contribution >= 4 is 27.7 Å². The van der Waals surface area contributed by atoms with Crippen molar-refractivity contribution in [2.75, 3.05) is 29.9 Å². The van der Waals surface area contributed by atoms with Gasteiger partial charge in [-0.25, -0.2) is 0 Å². The van der Waals surface area contributed by atoms with Crippen LogP contribution in [-0.4, -0.2) is 40.9 Å². The summed E-state index contributed by atoms with van der Waals surface area (Å²) in [6, 6.07) is 0.681. The van der Waals surface area contributed by atoms with Crippen LogP contribution in [0.5, 0.6) is 0 Å². The van der Waals surface area contributed by atoms with Gasteiger partial charge in [0.25, 0.3) is 0 Å². The summed E-state index contributed by atoms with van der Waals surface area (Å²) in [5.74, 6) is 2.50. The van der Waals surface area contributed by atoms with Crippen LogP contribution in [0.2, 0.25) is 0 Å². The van der Waals surface area contributed by atoms with Crippen molar-refractivity contribution in [1.29, 1.82) is 0 Å². The molecule has 3 heteroatoms. The molecule has 74 valence electrons. The molecular weight excluding hydrogens is 234 g/mol. The highest BCUT2D eigenvalue weighted by molar-refractivity contribution is 9.09. The van der Waals surface area contributed by atoms with Crippen LogP contribution in [0.25, 0.3) is 0 Å². The standard InChI is InChI=1S/C9H20BrNS/c1-4-12-8-7-11(6-5-10)9(2)3/h9H,4-8H2,1-3H3. The molecule has 0 aliphatic heterocycles. The number of alkyl halides is 1. The zero-order valence-electron chi connectivity index (χ0n) is 8.35. The average molecular weight is 254 g/mol. The first kappa shape index (κ1) is 12.8. The SMILES string of the molecule is CCSCCN(CCBr)C(C)C. The van der Waals surface area contributed by atoms with E-state index in [0.29, 0.717) is 6.04 Å². The predicted molar refractivity (Wildman–Crippen MR) is 63.5 cm³/mol. The predicted octanol–water partition coefficient (Wildman–Crippen LogP) is 2.84. The maximum atomic E-state index is 3.48. The lowest BCUT2D eigenvalue weighted by atomic mass is 10.3. The fourth-order valence-electron chi connectivity index (χ4n) is 1.06. The molecule has 0 radical (unpaired) electrons. The van der Waals surface area contributed by atoms with Crippen LogP contribution in [-0.2, 0) is 0 Å². The van der Waals surface area contributed by atoms with E-state index < -0.39 is 0 Å². The van der Waals surface area contributed by atoms with E-state index in [4.69, 9.17) is 0 Å². The molecule has 0 aliphatic carbocycles. The summed E-state index contributed by atoms with van der Waals surface area (Å²) in [5.41, 5.74) is 0. The van der Waals surface area contributed by atoms with Crippen molar-refractivity contribution in [3.05, 3.63) is 0 Å². The first-order valence-electron chi connectivity index (χ1n) is 4.60. The lowest BCUT2D eigenvalue weighted by Gasteiger charge is -2.25. The average Bonchev–Trinajstić information content (AvgIpc) is 2.03. The molecule has 0 bridgehead atoms. The number of nitrogens with zero attached hydrogens (tertiary/aromatic N) is 1. The van der Waals surface area contributed by atoms with Gasteiger partial charge in [-0.05, 0) is 19.6 Å². The normalized spacial score (nSPS) is 11.5. The molecule has 12 heavy (non-hydrogen) atoms. The van der Waals surface area contributed by atoms with Gasteiger partial charge in [0.1, 0.15) is 0 Å².